The van der Waals surface area contributed by atoms with Crippen molar-refractivity contribution in [3.8, 4) is 0 Å². The summed E-state index contributed by atoms with van der Waals surface area (Å²) < 4.78 is 33.3. The zero-order valence-corrected chi connectivity index (χ0v) is 11.1. The molecule has 0 saturated heterocycles. The second-order valence-corrected chi connectivity index (χ2v) is 4.13. The van der Waals surface area contributed by atoms with Crippen LogP contribution in [0.3, 0.4) is 0 Å². The first-order valence-corrected chi connectivity index (χ1v) is 5.21. The van der Waals surface area contributed by atoms with E-state index in [1.54, 1.807) is 0 Å². The van der Waals surface area contributed by atoms with Crippen LogP contribution in [0, 0.1) is 0 Å². The van der Waals surface area contributed by atoms with Crippen LogP contribution in [-0.4, -0.2) is 31.3 Å². The van der Waals surface area contributed by atoms with Gasteiger partial charge in [0, 0.05) is 5.57 Å². The SMILES string of the molecule is C=C(C)C(=O)OCCCS(=O)(=O)O.[Na+]. The Morgan fingerprint density at radius 1 is 1.50 bits per heavy atom. The number of hydrogen-bond donors (Lipinski definition) is 1. The van der Waals surface area contributed by atoms with Gasteiger partial charge in [0.25, 0.3) is 10.1 Å². The summed E-state index contributed by atoms with van der Waals surface area (Å²) in [7, 11) is -3.96. The number of carbonyl (C=O) groups is 1. The quantitative estimate of drug-likeness (QED) is 0.184. The van der Waals surface area contributed by atoms with Gasteiger partial charge in [0.1, 0.15) is 0 Å². The third kappa shape index (κ3) is 10.2. The van der Waals surface area contributed by atoms with Crippen molar-refractivity contribution in [1.29, 1.82) is 0 Å². The van der Waals surface area contributed by atoms with Crippen LogP contribution >= 0.6 is 0 Å². The van der Waals surface area contributed by atoms with E-state index in [4.69, 9.17) is 4.55 Å². The molecular weight excluding hydrogens is 219 g/mol. The van der Waals surface area contributed by atoms with Gasteiger partial charge in [0.2, 0.25) is 0 Å². The summed E-state index contributed by atoms with van der Waals surface area (Å²) in [5.41, 5.74) is 0.256. The topological polar surface area (TPSA) is 80.7 Å². The Labute approximate surface area is 106 Å². The van der Waals surface area contributed by atoms with Crippen molar-refractivity contribution in [2.75, 3.05) is 12.4 Å². The van der Waals surface area contributed by atoms with Crippen LogP contribution in [0.15, 0.2) is 12.2 Å². The van der Waals surface area contributed by atoms with Gasteiger partial charge in [0.15, 0.2) is 0 Å². The smallest absolute Gasteiger partial charge is 0.462 e. The van der Waals surface area contributed by atoms with E-state index in [1.807, 2.05) is 0 Å². The molecule has 0 aromatic carbocycles. The average Bonchev–Trinajstić information content (AvgIpc) is 1.95. The van der Waals surface area contributed by atoms with Crippen molar-refractivity contribution < 1.29 is 52.1 Å². The first-order valence-electron chi connectivity index (χ1n) is 3.61. The molecule has 0 rings (SSSR count). The predicted octanol–water partition coefficient (Wildman–Crippen LogP) is -2.61. The molecule has 0 amide bonds. The first-order chi connectivity index (χ1) is 5.83. The van der Waals surface area contributed by atoms with Gasteiger partial charge in [-0.15, -0.1) is 0 Å². The molecule has 0 radical (unpaired) electrons. The summed E-state index contributed by atoms with van der Waals surface area (Å²) in [6.07, 6.45) is 0.0812. The zero-order valence-electron chi connectivity index (χ0n) is 8.32. The molecule has 0 bridgehead atoms. The standard InChI is InChI=1S/C7H12O5S.Na/c1-6(2)7(8)12-4-3-5-13(9,10)11;/h1,3-5H2,2H3,(H,9,10,11);/q;+1. The fraction of sp³-hybridized carbons (Fsp3) is 0.571. The van der Waals surface area contributed by atoms with Crippen molar-refractivity contribution in [3.05, 3.63) is 12.2 Å². The van der Waals surface area contributed by atoms with Crippen LogP contribution in [0.4, 0.5) is 0 Å². The van der Waals surface area contributed by atoms with Crippen molar-refractivity contribution in [1.82, 2.24) is 0 Å². The molecule has 0 aliphatic heterocycles. The molecule has 0 heterocycles. The summed E-state index contributed by atoms with van der Waals surface area (Å²) in [6, 6.07) is 0. The molecule has 0 aromatic rings. The van der Waals surface area contributed by atoms with Crippen molar-refractivity contribution in [3.63, 3.8) is 0 Å². The molecule has 0 spiro atoms. The average molecular weight is 231 g/mol. The Morgan fingerprint density at radius 2 is 2.00 bits per heavy atom. The van der Waals surface area contributed by atoms with Gasteiger partial charge >= 0.3 is 35.5 Å². The minimum atomic E-state index is -3.96. The van der Waals surface area contributed by atoms with E-state index in [0.29, 0.717) is 0 Å². The summed E-state index contributed by atoms with van der Waals surface area (Å²) in [5.74, 6) is -0.966. The number of hydrogen-bond acceptors (Lipinski definition) is 4. The summed E-state index contributed by atoms with van der Waals surface area (Å²) in [6.45, 7) is 4.80. The van der Waals surface area contributed by atoms with Crippen LogP contribution in [0.2, 0.25) is 0 Å². The zero-order chi connectivity index (χ0) is 10.5. The molecule has 76 valence electrons. The third-order valence-electron chi connectivity index (χ3n) is 1.13. The molecule has 1 N–H and O–H groups in total. The van der Waals surface area contributed by atoms with E-state index in [2.05, 4.69) is 11.3 Å². The minimum absolute atomic E-state index is 0. The Morgan fingerprint density at radius 3 is 2.36 bits per heavy atom. The van der Waals surface area contributed by atoms with Crippen LogP contribution in [0.5, 0.6) is 0 Å². The monoisotopic (exact) mass is 231 g/mol. The summed E-state index contributed by atoms with van der Waals surface area (Å²) in [5, 5.41) is 0. The molecule has 0 saturated carbocycles. The predicted molar refractivity (Wildman–Crippen MR) is 46.8 cm³/mol. The minimum Gasteiger partial charge on any atom is -0.462 e. The Kier molecular flexibility index (Phi) is 8.77. The van der Waals surface area contributed by atoms with E-state index in [-0.39, 0.29) is 48.2 Å². The molecular formula is C7H12NaO5S+. The van der Waals surface area contributed by atoms with Gasteiger partial charge in [-0.1, -0.05) is 6.58 Å². The molecule has 7 heteroatoms. The molecule has 0 aliphatic carbocycles. The van der Waals surface area contributed by atoms with E-state index in [9.17, 15) is 13.2 Å². The molecule has 0 aromatic heterocycles. The van der Waals surface area contributed by atoms with Gasteiger partial charge in [-0.25, -0.2) is 4.79 Å². The maximum atomic E-state index is 10.7. The number of esters is 1. The van der Waals surface area contributed by atoms with E-state index in [1.165, 1.54) is 6.92 Å². The molecule has 0 unspecified atom stereocenters. The number of carbonyl (C=O) groups excluding carboxylic acids is 1. The summed E-state index contributed by atoms with van der Waals surface area (Å²) >= 11 is 0. The van der Waals surface area contributed by atoms with Crippen LogP contribution < -0.4 is 29.6 Å². The summed E-state index contributed by atoms with van der Waals surface area (Å²) in [4.78, 5) is 10.7. The fourth-order valence-corrected chi connectivity index (χ4v) is 1.01. The molecule has 5 nitrogen and oxygen atoms in total. The molecule has 0 fully saturated rings. The molecule has 0 atom stereocenters. The van der Waals surface area contributed by atoms with Crippen LogP contribution in [0.1, 0.15) is 13.3 Å². The number of rotatable bonds is 5. The first kappa shape index (κ1) is 16.5. The van der Waals surface area contributed by atoms with E-state index < -0.39 is 21.8 Å². The van der Waals surface area contributed by atoms with Crippen LogP contribution in [-0.2, 0) is 19.6 Å². The van der Waals surface area contributed by atoms with Crippen molar-refractivity contribution in [2.45, 2.75) is 13.3 Å². The van der Waals surface area contributed by atoms with Gasteiger partial charge in [-0.3, -0.25) is 4.55 Å². The number of ether oxygens (including phenoxy) is 1. The second kappa shape index (κ2) is 7.42. The van der Waals surface area contributed by atoms with Gasteiger partial charge < -0.3 is 4.74 Å². The molecule has 14 heavy (non-hydrogen) atoms. The largest absolute Gasteiger partial charge is 1.00 e. The maximum absolute atomic E-state index is 10.7. The Balaban J connectivity index is 0. The van der Waals surface area contributed by atoms with Gasteiger partial charge in [0.05, 0.1) is 12.4 Å². The van der Waals surface area contributed by atoms with E-state index in [0.717, 1.165) is 0 Å². The normalized spacial score (nSPS) is 10.1. The van der Waals surface area contributed by atoms with Gasteiger partial charge in [-0.05, 0) is 13.3 Å². The van der Waals surface area contributed by atoms with Gasteiger partial charge in [-0.2, -0.15) is 8.42 Å². The Hall–Kier alpha value is 0.120. The van der Waals surface area contributed by atoms with Crippen molar-refractivity contribution >= 4 is 16.1 Å². The van der Waals surface area contributed by atoms with Crippen LogP contribution in [0.25, 0.3) is 0 Å². The second-order valence-electron chi connectivity index (χ2n) is 2.56. The maximum Gasteiger partial charge on any atom is 1.00 e. The third-order valence-corrected chi connectivity index (χ3v) is 1.93. The van der Waals surface area contributed by atoms with Crippen molar-refractivity contribution in [2.24, 2.45) is 0 Å². The molecule has 0 aliphatic rings. The fourth-order valence-electron chi connectivity index (χ4n) is 0.529. The van der Waals surface area contributed by atoms with E-state index >= 15 is 0 Å². The Bertz CT molecular complexity index is 295.